The van der Waals surface area contributed by atoms with Gasteiger partial charge in [0.15, 0.2) is 5.96 Å². The first kappa shape index (κ1) is 21.5. The van der Waals surface area contributed by atoms with Crippen LogP contribution in [-0.4, -0.2) is 37.4 Å². The molecule has 4 N–H and O–H groups in total. The van der Waals surface area contributed by atoms with Crippen molar-refractivity contribution in [2.45, 2.75) is 6.10 Å². The van der Waals surface area contributed by atoms with Crippen molar-refractivity contribution in [3.05, 3.63) is 53.0 Å². The third kappa shape index (κ3) is 7.49. The fourth-order valence-corrected chi connectivity index (χ4v) is 2.27. The van der Waals surface area contributed by atoms with E-state index >= 15 is 0 Å². The van der Waals surface area contributed by atoms with Crippen LogP contribution in [0.1, 0.15) is 0 Å². The van der Waals surface area contributed by atoms with Crippen LogP contribution in [0.3, 0.4) is 0 Å². The third-order valence-electron chi connectivity index (χ3n) is 3.10. The summed E-state index contributed by atoms with van der Waals surface area (Å²) >= 11 is 3.38. The second-order valence-corrected chi connectivity index (χ2v) is 5.83. The molecule has 8 heteroatoms. The number of nitrogens with zero attached hydrogens (tertiary/aromatic N) is 1. The summed E-state index contributed by atoms with van der Waals surface area (Å²) in [5.41, 5.74) is 6.59. The van der Waals surface area contributed by atoms with Gasteiger partial charge in [-0.2, -0.15) is 0 Å². The average molecular weight is 522 g/mol. The highest BCUT2D eigenvalue weighted by Crippen LogP contribution is 2.23. The van der Waals surface area contributed by atoms with Gasteiger partial charge in [-0.3, -0.25) is 4.99 Å². The smallest absolute Gasteiger partial charge is 0.193 e. The number of aliphatic hydroxyl groups is 1. The summed E-state index contributed by atoms with van der Waals surface area (Å²) in [6.07, 6.45) is -0.756. The molecule has 6 nitrogen and oxygen atoms in total. The van der Waals surface area contributed by atoms with Crippen molar-refractivity contribution in [1.82, 2.24) is 0 Å². The number of rotatable bonds is 7. The van der Waals surface area contributed by atoms with E-state index < -0.39 is 6.10 Å². The monoisotopic (exact) mass is 521 g/mol. The first-order chi connectivity index (χ1) is 11.6. The lowest BCUT2D eigenvalue weighted by molar-refractivity contribution is 0.114. The standard InChI is InChI=1S/C17H20BrN3O3.HI/c1-23-14-8-6-12(7-9-14)21-17(19)20-10-13(22)11-24-16-5-3-2-4-15(16)18;/h2-9,13,22H,10-11H2,1H3,(H3,19,20,21);1H. The van der Waals surface area contributed by atoms with Crippen LogP contribution in [-0.2, 0) is 0 Å². The Morgan fingerprint density at radius 2 is 1.92 bits per heavy atom. The molecule has 0 saturated heterocycles. The van der Waals surface area contributed by atoms with Crippen LogP contribution in [0, 0.1) is 0 Å². The van der Waals surface area contributed by atoms with Crippen molar-refractivity contribution in [2.24, 2.45) is 10.7 Å². The molecule has 0 heterocycles. The van der Waals surface area contributed by atoms with E-state index in [-0.39, 0.29) is 43.1 Å². The first-order valence-electron chi connectivity index (χ1n) is 7.35. The van der Waals surface area contributed by atoms with Gasteiger partial charge < -0.3 is 25.6 Å². The van der Waals surface area contributed by atoms with Crippen LogP contribution in [0.15, 0.2) is 58.0 Å². The lowest BCUT2D eigenvalue weighted by Gasteiger charge is -2.12. The SMILES string of the molecule is COc1ccc(NC(N)=NCC(O)COc2ccccc2Br)cc1.I. The van der Waals surface area contributed by atoms with Gasteiger partial charge in [0.25, 0.3) is 0 Å². The highest BCUT2D eigenvalue weighted by molar-refractivity contribution is 14.0. The maximum Gasteiger partial charge on any atom is 0.193 e. The topological polar surface area (TPSA) is 89.1 Å². The Kier molecular flexibility index (Phi) is 9.61. The summed E-state index contributed by atoms with van der Waals surface area (Å²) in [4.78, 5) is 4.11. The number of hydrogen-bond donors (Lipinski definition) is 3. The lowest BCUT2D eigenvalue weighted by atomic mass is 10.3. The largest absolute Gasteiger partial charge is 0.497 e. The highest BCUT2D eigenvalue weighted by atomic mass is 127. The Bertz CT molecular complexity index is 683. The molecule has 0 aliphatic rings. The van der Waals surface area contributed by atoms with Crippen molar-refractivity contribution < 1.29 is 14.6 Å². The molecule has 0 spiro atoms. The molecule has 2 rings (SSSR count). The zero-order chi connectivity index (χ0) is 17.4. The predicted octanol–water partition coefficient (Wildman–Crippen LogP) is 3.24. The van der Waals surface area contributed by atoms with Gasteiger partial charge >= 0.3 is 0 Å². The summed E-state index contributed by atoms with van der Waals surface area (Å²) in [5, 5.41) is 12.9. The number of methoxy groups -OCH3 is 1. The Morgan fingerprint density at radius 1 is 1.24 bits per heavy atom. The molecule has 1 atom stereocenters. The zero-order valence-corrected chi connectivity index (χ0v) is 17.6. The molecule has 0 amide bonds. The van der Waals surface area contributed by atoms with Crippen LogP contribution < -0.4 is 20.5 Å². The quantitative estimate of drug-likeness (QED) is 0.296. The number of hydrogen-bond acceptors (Lipinski definition) is 4. The molecular formula is C17H21BrIN3O3. The van der Waals surface area contributed by atoms with Crippen molar-refractivity contribution in [2.75, 3.05) is 25.6 Å². The van der Waals surface area contributed by atoms with Crippen LogP contribution >= 0.6 is 39.9 Å². The molecule has 0 fully saturated rings. The molecule has 25 heavy (non-hydrogen) atoms. The minimum absolute atomic E-state index is 0. The molecule has 0 bridgehead atoms. The van der Waals surface area contributed by atoms with E-state index in [2.05, 4.69) is 26.2 Å². The molecule has 1 unspecified atom stereocenters. The minimum Gasteiger partial charge on any atom is -0.497 e. The summed E-state index contributed by atoms with van der Waals surface area (Å²) in [7, 11) is 1.61. The van der Waals surface area contributed by atoms with Crippen LogP contribution in [0.5, 0.6) is 11.5 Å². The number of nitrogens with one attached hydrogen (secondary N) is 1. The van der Waals surface area contributed by atoms with E-state index in [4.69, 9.17) is 15.2 Å². The Hall–Kier alpha value is -1.52. The summed E-state index contributed by atoms with van der Waals surface area (Å²) in [6.45, 7) is 0.265. The van der Waals surface area contributed by atoms with Gasteiger partial charge in [0.2, 0.25) is 0 Å². The number of benzene rings is 2. The summed E-state index contributed by atoms with van der Waals surface area (Å²) in [5.74, 6) is 1.65. The van der Waals surface area contributed by atoms with Crippen LogP contribution in [0.2, 0.25) is 0 Å². The molecule has 0 saturated carbocycles. The zero-order valence-electron chi connectivity index (χ0n) is 13.7. The molecule has 0 aromatic heterocycles. The van der Waals surface area contributed by atoms with Crippen molar-refractivity contribution in [1.29, 1.82) is 0 Å². The van der Waals surface area contributed by atoms with E-state index in [0.717, 1.165) is 15.9 Å². The fraction of sp³-hybridized carbons (Fsp3) is 0.235. The average Bonchev–Trinajstić information content (AvgIpc) is 2.60. The molecule has 0 radical (unpaired) electrons. The van der Waals surface area contributed by atoms with Gasteiger partial charge in [0.05, 0.1) is 18.1 Å². The van der Waals surface area contributed by atoms with E-state index in [0.29, 0.717) is 5.75 Å². The first-order valence-corrected chi connectivity index (χ1v) is 8.14. The second kappa shape index (κ2) is 11.2. The number of ether oxygens (including phenoxy) is 2. The molecule has 0 aliphatic carbocycles. The minimum atomic E-state index is -0.756. The normalized spacial score (nSPS) is 12.0. The lowest BCUT2D eigenvalue weighted by Crippen LogP contribution is -2.27. The summed E-state index contributed by atoms with van der Waals surface area (Å²) < 4.78 is 11.5. The maximum absolute atomic E-state index is 9.94. The second-order valence-electron chi connectivity index (χ2n) is 4.97. The van der Waals surface area contributed by atoms with Gasteiger partial charge in [-0.05, 0) is 52.3 Å². The van der Waals surface area contributed by atoms with Crippen LogP contribution in [0.4, 0.5) is 5.69 Å². The predicted molar refractivity (Wildman–Crippen MR) is 114 cm³/mol. The Labute approximate surface area is 172 Å². The van der Waals surface area contributed by atoms with Gasteiger partial charge in [-0.15, -0.1) is 24.0 Å². The third-order valence-corrected chi connectivity index (χ3v) is 3.76. The van der Waals surface area contributed by atoms with E-state index in [1.807, 2.05) is 48.5 Å². The molecule has 2 aromatic carbocycles. The number of halogens is 2. The number of nitrogens with two attached hydrogens (primary N) is 1. The van der Waals surface area contributed by atoms with Crippen molar-refractivity contribution >= 4 is 51.6 Å². The van der Waals surface area contributed by atoms with Crippen molar-refractivity contribution in [3.8, 4) is 11.5 Å². The van der Waals surface area contributed by atoms with Gasteiger partial charge in [-0.25, -0.2) is 0 Å². The van der Waals surface area contributed by atoms with Crippen molar-refractivity contribution in [3.63, 3.8) is 0 Å². The highest BCUT2D eigenvalue weighted by Gasteiger charge is 2.07. The number of aliphatic hydroxyl groups excluding tert-OH is 1. The van der Waals surface area contributed by atoms with Gasteiger partial charge in [0, 0.05) is 5.69 Å². The van der Waals surface area contributed by atoms with Crippen LogP contribution in [0.25, 0.3) is 0 Å². The van der Waals surface area contributed by atoms with Gasteiger partial charge in [-0.1, -0.05) is 12.1 Å². The molecule has 136 valence electrons. The Morgan fingerprint density at radius 3 is 2.56 bits per heavy atom. The summed E-state index contributed by atoms with van der Waals surface area (Å²) in [6, 6.07) is 14.7. The number of para-hydroxylation sites is 1. The number of aliphatic imine (C=N–C) groups is 1. The molecule has 0 aliphatic heterocycles. The maximum atomic E-state index is 9.94. The van der Waals surface area contributed by atoms with Gasteiger partial charge in [0.1, 0.15) is 24.2 Å². The van der Waals surface area contributed by atoms with E-state index in [1.165, 1.54) is 0 Å². The van der Waals surface area contributed by atoms with E-state index in [9.17, 15) is 5.11 Å². The Balaban J connectivity index is 0.00000312. The fourth-order valence-electron chi connectivity index (χ4n) is 1.87. The number of guanidine groups is 1. The molecular weight excluding hydrogens is 501 g/mol. The molecule has 2 aromatic rings. The van der Waals surface area contributed by atoms with E-state index in [1.54, 1.807) is 7.11 Å². The number of anilines is 1.